The van der Waals surface area contributed by atoms with Crippen LogP contribution in [0, 0.1) is 0 Å². The summed E-state index contributed by atoms with van der Waals surface area (Å²) in [6.45, 7) is 4.38. The maximum Gasteiger partial charge on any atom is 0.336 e. The molecule has 0 spiro atoms. The van der Waals surface area contributed by atoms with Crippen molar-refractivity contribution in [2.24, 2.45) is 0 Å². The highest BCUT2D eigenvalue weighted by Crippen LogP contribution is 2.23. The molecule has 2 aromatic rings. The van der Waals surface area contributed by atoms with Crippen LogP contribution >= 0.6 is 0 Å². The first-order valence-corrected chi connectivity index (χ1v) is 13.1. The van der Waals surface area contributed by atoms with Crippen LogP contribution in [0.5, 0.6) is 0 Å². The maximum absolute atomic E-state index is 11.7. The number of carbonyl (C=O) groups is 2. The van der Waals surface area contributed by atoms with Crippen LogP contribution in [0.1, 0.15) is 123 Å². The van der Waals surface area contributed by atoms with Crippen molar-refractivity contribution in [1.82, 2.24) is 0 Å². The van der Waals surface area contributed by atoms with Crippen LogP contribution in [0.2, 0.25) is 0 Å². The van der Waals surface area contributed by atoms with Gasteiger partial charge in [0.1, 0.15) is 0 Å². The molecule has 0 bridgehead atoms. The lowest BCUT2D eigenvalue weighted by Gasteiger charge is -2.13. The fraction of sp³-hybridized carbons (Fsp3) is 0.552. The molecule has 0 aliphatic rings. The van der Waals surface area contributed by atoms with Gasteiger partial charge in [-0.3, -0.25) is 0 Å². The predicted octanol–water partition coefficient (Wildman–Crippen LogP) is 7.53. The SMILES string of the molecule is CCCCCCCCc1cc(CCCCCCCC)c(C(=O)O)c(C(=O)O)c1.O=c1cccco1. The Bertz CT molecular complexity index is 914. The van der Waals surface area contributed by atoms with E-state index in [0.717, 1.165) is 44.1 Å². The molecule has 0 saturated heterocycles. The minimum absolute atomic E-state index is 0.0206. The van der Waals surface area contributed by atoms with Gasteiger partial charge in [0.15, 0.2) is 0 Å². The topological polar surface area (TPSA) is 105 Å². The minimum Gasteiger partial charge on any atom is -0.478 e. The van der Waals surface area contributed by atoms with E-state index >= 15 is 0 Å². The summed E-state index contributed by atoms with van der Waals surface area (Å²) in [5, 5.41) is 19.1. The fourth-order valence-electron chi connectivity index (χ4n) is 4.06. The number of aromatic carboxylic acids is 2. The number of carboxylic acids is 2. The third-order valence-corrected chi connectivity index (χ3v) is 5.95. The highest BCUT2D eigenvalue weighted by Gasteiger charge is 2.21. The Morgan fingerprint density at radius 1 is 0.743 bits per heavy atom. The predicted molar refractivity (Wildman–Crippen MR) is 139 cm³/mol. The molecule has 1 aromatic heterocycles. The normalized spacial score (nSPS) is 10.5. The second-order valence-electron chi connectivity index (χ2n) is 8.95. The Balaban J connectivity index is 0.000000744. The molecule has 6 nitrogen and oxygen atoms in total. The number of aryl methyl sites for hydroxylation is 2. The molecule has 2 rings (SSSR count). The summed E-state index contributed by atoms with van der Waals surface area (Å²) in [5.74, 6) is -2.28. The summed E-state index contributed by atoms with van der Waals surface area (Å²) in [7, 11) is 0. The quantitative estimate of drug-likeness (QED) is 0.238. The summed E-state index contributed by atoms with van der Waals surface area (Å²) in [6.07, 6.45) is 16.7. The van der Waals surface area contributed by atoms with Gasteiger partial charge in [0, 0.05) is 6.07 Å². The number of unbranched alkanes of at least 4 members (excludes halogenated alkanes) is 10. The van der Waals surface area contributed by atoms with Crippen molar-refractivity contribution >= 4 is 11.9 Å². The van der Waals surface area contributed by atoms with Crippen molar-refractivity contribution in [3.05, 3.63) is 69.3 Å². The Labute approximate surface area is 209 Å². The standard InChI is InChI=1S/C24H38O4.C5H4O2/c1-3-5-7-9-11-13-15-19-17-20(16-14-12-10-8-6-4-2)22(24(27)28)21(18-19)23(25)26;6-5-3-1-2-4-7-5/h17-18H,3-16H2,1-2H3,(H,25,26)(H,27,28);1-4H. The van der Waals surface area contributed by atoms with Gasteiger partial charge < -0.3 is 14.6 Å². The molecule has 0 amide bonds. The summed E-state index contributed by atoms with van der Waals surface area (Å²) in [4.78, 5) is 33.5. The first-order chi connectivity index (χ1) is 16.9. The first kappa shape index (κ1) is 30.1. The molecular formula is C29H42O6. The largest absolute Gasteiger partial charge is 0.478 e. The number of rotatable bonds is 16. The van der Waals surface area contributed by atoms with Crippen LogP contribution < -0.4 is 5.63 Å². The van der Waals surface area contributed by atoms with E-state index in [0.29, 0.717) is 12.0 Å². The maximum atomic E-state index is 11.7. The van der Waals surface area contributed by atoms with Crippen molar-refractivity contribution in [3.63, 3.8) is 0 Å². The molecule has 0 aliphatic heterocycles. The molecule has 0 aliphatic carbocycles. The van der Waals surface area contributed by atoms with E-state index in [1.807, 2.05) is 6.07 Å². The Morgan fingerprint density at radius 3 is 1.77 bits per heavy atom. The molecule has 0 unspecified atom stereocenters. The lowest BCUT2D eigenvalue weighted by Crippen LogP contribution is -2.13. The monoisotopic (exact) mass is 486 g/mol. The lowest BCUT2D eigenvalue weighted by molar-refractivity contribution is 0.0650. The van der Waals surface area contributed by atoms with Gasteiger partial charge >= 0.3 is 17.6 Å². The van der Waals surface area contributed by atoms with Crippen LogP contribution in [0.3, 0.4) is 0 Å². The average Bonchev–Trinajstić information content (AvgIpc) is 2.83. The van der Waals surface area contributed by atoms with Gasteiger partial charge in [-0.15, -0.1) is 0 Å². The third kappa shape index (κ3) is 13.0. The van der Waals surface area contributed by atoms with E-state index < -0.39 is 11.9 Å². The van der Waals surface area contributed by atoms with Gasteiger partial charge in [0.05, 0.1) is 17.4 Å². The van der Waals surface area contributed by atoms with Gasteiger partial charge in [-0.1, -0.05) is 90.2 Å². The molecule has 2 N–H and O–H groups in total. The Hall–Kier alpha value is -2.89. The van der Waals surface area contributed by atoms with Crippen molar-refractivity contribution in [1.29, 1.82) is 0 Å². The number of benzene rings is 1. The molecule has 0 saturated carbocycles. The highest BCUT2D eigenvalue weighted by molar-refractivity contribution is 6.03. The van der Waals surface area contributed by atoms with E-state index in [9.17, 15) is 24.6 Å². The van der Waals surface area contributed by atoms with Crippen molar-refractivity contribution in [2.75, 3.05) is 0 Å². The van der Waals surface area contributed by atoms with Crippen molar-refractivity contribution < 1.29 is 24.2 Å². The summed E-state index contributed by atoms with van der Waals surface area (Å²) >= 11 is 0. The van der Waals surface area contributed by atoms with E-state index in [1.165, 1.54) is 57.3 Å². The highest BCUT2D eigenvalue weighted by atomic mass is 16.4. The third-order valence-electron chi connectivity index (χ3n) is 5.95. The second kappa shape index (κ2) is 18.4. The van der Waals surface area contributed by atoms with Crippen LogP contribution in [0.15, 0.2) is 45.8 Å². The van der Waals surface area contributed by atoms with Gasteiger partial charge in [-0.2, -0.15) is 0 Å². The van der Waals surface area contributed by atoms with E-state index in [1.54, 1.807) is 18.2 Å². The van der Waals surface area contributed by atoms with Gasteiger partial charge in [0.2, 0.25) is 0 Å². The van der Waals surface area contributed by atoms with Gasteiger partial charge in [0.25, 0.3) is 0 Å². The van der Waals surface area contributed by atoms with E-state index in [-0.39, 0.29) is 16.8 Å². The second-order valence-corrected chi connectivity index (χ2v) is 8.95. The molecular weight excluding hydrogens is 444 g/mol. The van der Waals surface area contributed by atoms with Crippen molar-refractivity contribution in [2.45, 2.75) is 104 Å². The van der Waals surface area contributed by atoms with Crippen LogP contribution in [-0.2, 0) is 12.8 Å². The van der Waals surface area contributed by atoms with Crippen LogP contribution in [0.4, 0.5) is 0 Å². The molecule has 194 valence electrons. The molecule has 6 heteroatoms. The van der Waals surface area contributed by atoms with Crippen LogP contribution in [-0.4, -0.2) is 22.2 Å². The first-order valence-electron chi connectivity index (χ1n) is 13.1. The fourth-order valence-corrected chi connectivity index (χ4v) is 4.06. The zero-order valence-corrected chi connectivity index (χ0v) is 21.4. The van der Waals surface area contributed by atoms with Crippen molar-refractivity contribution in [3.8, 4) is 0 Å². The number of carboxylic acid groups (broad SMARTS) is 2. The summed E-state index contributed by atoms with van der Waals surface area (Å²) in [6, 6.07) is 8.16. The number of hydrogen-bond donors (Lipinski definition) is 2. The molecule has 1 heterocycles. The average molecular weight is 487 g/mol. The lowest BCUT2D eigenvalue weighted by atomic mass is 9.92. The number of hydrogen-bond acceptors (Lipinski definition) is 4. The molecule has 35 heavy (non-hydrogen) atoms. The zero-order valence-electron chi connectivity index (χ0n) is 21.4. The van der Waals surface area contributed by atoms with Gasteiger partial charge in [-0.05, 0) is 48.9 Å². The molecule has 0 fully saturated rings. The molecule has 1 aromatic carbocycles. The van der Waals surface area contributed by atoms with Gasteiger partial charge in [-0.25, -0.2) is 14.4 Å². The summed E-state index contributed by atoms with van der Waals surface area (Å²) < 4.78 is 4.37. The Morgan fingerprint density at radius 2 is 1.31 bits per heavy atom. The van der Waals surface area contributed by atoms with E-state index in [4.69, 9.17) is 0 Å². The Kier molecular flexibility index (Phi) is 15.9. The minimum atomic E-state index is -1.15. The molecule has 0 radical (unpaired) electrons. The zero-order chi connectivity index (χ0) is 25.9. The summed E-state index contributed by atoms with van der Waals surface area (Å²) in [5.41, 5.74) is 1.26. The van der Waals surface area contributed by atoms with Crippen LogP contribution in [0.25, 0.3) is 0 Å². The van der Waals surface area contributed by atoms with E-state index in [2.05, 4.69) is 18.3 Å². The molecule has 0 atom stereocenters. The smallest absolute Gasteiger partial charge is 0.336 e.